The summed E-state index contributed by atoms with van der Waals surface area (Å²) >= 11 is 0. The van der Waals surface area contributed by atoms with Gasteiger partial charge in [-0.3, -0.25) is 14.4 Å². The number of hydrogen-bond donors (Lipinski definition) is 2. The molecule has 20 heavy (non-hydrogen) atoms. The van der Waals surface area contributed by atoms with Gasteiger partial charge in [-0.25, -0.2) is 0 Å². The second kappa shape index (κ2) is 5.73. The fourth-order valence-electron chi connectivity index (χ4n) is 2.32. The first kappa shape index (κ1) is 14.0. The lowest BCUT2D eigenvalue weighted by molar-refractivity contribution is -0.143. The highest BCUT2D eigenvalue weighted by molar-refractivity contribution is 5.99. The summed E-state index contributed by atoms with van der Waals surface area (Å²) in [5.74, 6) is -1.97. The fourth-order valence-corrected chi connectivity index (χ4v) is 2.32. The Labute approximate surface area is 116 Å². The highest BCUT2D eigenvalue weighted by Crippen LogP contribution is 2.19. The first-order valence-electron chi connectivity index (χ1n) is 6.41. The molecule has 0 atom stereocenters. The number of amides is 2. The number of likely N-dealkylation sites (tertiary alicyclic amines) is 1. The molecule has 106 valence electrons. The molecule has 6 nitrogen and oxygen atoms in total. The van der Waals surface area contributed by atoms with E-state index < -0.39 is 11.9 Å². The van der Waals surface area contributed by atoms with Crippen LogP contribution < -0.4 is 5.73 Å². The van der Waals surface area contributed by atoms with Gasteiger partial charge in [0.05, 0.1) is 5.92 Å². The standard InChI is InChI=1S/C14H16N2O4/c15-12(17)10-2-1-3-11(8-10)13(18)16-6-4-9(5-7-16)14(19)20/h1-3,8-9H,4-7H2,(H2,15,17)(H,19,20). The van der Waals surface area contributed by atoms with Crippen molar-refractivity contribution in [2.75, 3.05) is 13.1 Å². The van der Waals surface area contributed by atoms with Crippen LogP contribution in [0.3, 0.4) is 0 Å². The lowest BCUT2D eigenvalue weighted by atomic mass is 9.96. The number of carbonyl (C=O) groups excluding carboxylic acids is 2. The van der Waals surface area contributed by atoms with Gasteiger partial charge < -0.3 is 15.7 Å². The van der Waals surface area contributed by atoms with Gasteiger partial charge in [-0.15, -0.1) is 0 Å². The van der Waals surface area contributed by atoms with Crippen molar-refractivity contribution in [2.24, 2.45) is 11.7 Å². The Balaban J connectivity index is 2.07. The van der Waals surface area contributed by atoms with Gasteiger partial charge in [0.1, 0.15) is 0 Å². The summed E-state index contributed by atoms with van der Waals surface area (Å²) < 4.78 is 0. The Bertz CT molecular complexity index is 548. The molecule has 1 aliphatic heterocycles. The predicted octanol–water partition coefficient (Wildman–Crippen LogP) is 0.722. The minimum absolute atomic E-state index is 0.197. The van der Waals surface area contributed by atoms with E-state index in [4.69, 9.17) is 10.8 Å². The van der Waals surface area contributed by atoms with Crippen molar-refractivity contribution in [1.29, 1.82) is 0 Å². The van der Waals surface area contributed by atoms with Crippen molar-refractivity contribution >= 4 is 17.8 Å². The van der Waals surface area contributed by atoms with E-state index >= 15 is 0 Å². The zero-order valence-corrected chi connectivity index (χ0v) is 10.9. The number of carboxylic acid groups (broad SMARTS) is 1. The van der Waals surface area contributed by atoms with Crippen LogP contribution in [0, 0.1) is 5.92 Å². The van der Waals surface area contributed by atoms with E-state index in [-0.39, 0.29) is 17.4 Å². The number of nitrogens with zero attached hydrogens (tertiary/aromatic N) is 1. The van der Waals surface area contributed by atoms with Crippen molar-refractivity contribution in [3.63, 3.8) is 0 Å². The molecule has 0 aliphatic carbocycles. The molecule has 0 radical (unpaired) electrons. The van der Waals surface area contributed by atoms with Crippen molar-refractivity contribution in [1.82, 2.24) is 4.90 Å². The largest absolute Gasteiger partial charge is 0.481 e. The molecular formula is C14H16N2O4. The SMILES string of the molecule is NC(=O)c1cccc(C(=O)N2CCC(C(=O)O)CC2)c1. The quantitative estimate of drug-likeness (QED) is 0.849. The Morgan fingerprint density at radius 2 is 1.75 bits per heavy atom. The van der Waals surface area contributed by atoms with Crippen LogP contribution in [0.1, 0.15) is 33.6 Å². The zero-order valence-electron chi connectivity index (χ0n) is 10.9. The van der Waals surface area contributed by atoms with E-state index in [1.54, 1.807) is 23.1 Å². The summed E-state index contributed by atoms with van der Waals surface area (Å²) in [5, 5.41) is 8.92. The number of carbonyl (C=O) groups is 3. The van der Waals surface area contributed by atoms with Crippen LogP contribution in [-0.4, -0.2) is 40.9 Å². The third-order valence-corrected chi connectivity index (χ3v) is 3.53. The third kappa shape index (κ3) is 2.96. The third-order valence-electron chi connectivity index (χ3n) is 3.53. The summed E-state index contributed by atoms with van der Waals surface area (Å²) in [6.07, 6.45) is 0.910. The number of carboxylic acids is 1. The van der Waals surface area contributed by atoms with Gasteiger partial charge in [0, 0.05) is 24.2 Å². The van der Waals surface area contributed by atoms with E-state index in [0.717, 1.165) is 0 Å². The number of primary amides is 1. The summed E-state index contributed by atoms with van der Waals surface area (Å²) in [7, 11) is 0. The number of rotatable bonds is 3. The van der Waals surface area contributed by atoms with Gasteiger partial charge in [0.2, 0.25) is 5.91 Å². The second-order valence-corrected chi connectivity index (χ2v) is 4.85. The monoisotopic (exact) mass is 276 g/mol. The minimum Gasteiger partial charge on any atom is -0.481 e. The van der Waals surface area contributed by atoms with Crippen molar-refractivity contribution in [2.45, 2.75) is 12.8 Å². The minimum atomic E-state index is -0.812. The van der Waals surface area contributed by atoms with Crippen molar-refractivity contribution in [3.8, 4) is 0 Å². The Kier molecular flexibility index (Phi) is 4.02. The van der Waals surface area contributed by atoms with E-state index in [1.165, 1.54) is 6.07 Å². The molecule has 1 aromatic rings. The predicted molar refractivity (Wildman–Crippen MR) is 71.2 cm³/mol. The van der Waals surface area contributed by atoms with Crippen LogP contribution in [0.5, 0.6) is 0 Å². The molecule has 2 rings (SSSR count). The van der Waals surface area contributed by atoms with Crippen LogP contribution >= 0.6 is 0 Å². The molecule has 0 aromatic heterocycles. The topological polar surface area (TPSA) is 101 Å². The first-order valence-corrected chi connectivity index (χ1v) is 6.41. The molecule has 0 unspecified atom stereocenters. The maximum absolute atomic E-state index is 12.3. The average molecular weight is 276 g/mol. The molecule has 3 N–H and O–H groups in total. The maximum atomic E-state index is 12.3. The number of hydrogen-bond acceptors (Lipinski definition) is 3. The normalized spacial score (nSPS) is 15.9. The summed E-state index contributed by atoms with van der Waals surface area (Å²) in [6, 6.07) is 6.25. The molecule has 1 fully saturated rings. The van der Waals surface area contributed by atoms with E-state index in [0.29, 0.717) is 31.5 Å². The summed E-state index contributed by atoms with van der Waals surface area (Å²) in [6.45, 7) is 0.827. The molecule has 1 heterocycles. The first-order chi connectivity index (χ1) is 9.49. The van der Waals surface area contributed by atoms with Gasteiger partial charge in [-0.05, 0) is 31.0 Å². The van der Waals surface area contributed by atoms with Gasteiger partial charge in [-0.1, -0.05) is 6.07 Å². The Hall–Kier alpha value is -2.37. The lowest BCUT2D eigenvalue weighted by Crippen LogP contribution is -2.40. The number of nitrogens with two attached hydrogens (primary N) is 1. The molecule has 1 aliphatic rings. The smallest absolute Gasteiger partial charge is 0.306 e. The van der Waals surface area contributed by atoms with Crippen molar-refractivity contribution in [3.05, 3.63) is 35.4 Å². The van der Waals surface area contributed by atoms with Crippen LogP contribution in [0.15, 0.2) is 24.3 Å². The molecule has 2 amide bonds. The van der Waals surface area contributed by atoms with E-state index in [1.807, 2.05) is 0 Å². The molecule has 0 bridgehead atoms. The van der Waals surface area contributed by atoms with Crippen LogP contribution in [-0.2, 0) is 4.79 Å². The Morgan fingerprint density at radius 1 is 1.15 bits per heavy atom. The summed E-state index contributed by atoms with van der Waals surface area (Å²) in [5.41, 5.74) is 5.87. The molecular weight excluding hydrogens is 260 g/mol. The van der Waals surface area contributed by atoms with Crippen LogP contribution in [0.4, 0.5) is 0 Å². The Morgan fingerprint density at radius 3 is 2.30 bits per heavy atom. The molecule has 0 spiro atoms. The van der Waals surface area contributed by atoms with Crippen molar-refractivity contribution < 1.29 is 19.5 Å². The highest BCUT2D eigenvalue weighted by Gasteiger charge is 2.27. The molecule has 6 heteroatoms. The molecule has 1 aromatic carbocycles. The average Bonchev–Trinajstić information content (AvgIpc) is 2.46. The zero-order chi connectivity index (χ0) is 14.7. The molecule has 1 saturated heterocycles. The lowest BCUT2D eigenvalue weighted by Gasteiger charge is -2.30. The number of aliphatic carboxylic acids is 1. The van der Waals surface area contributed by atoms with E-state index in [2.05, 4.69) is 0 Å². The van der Waals surface area contributed by atoms with Gasteiger partial charge in [-0.2, -0.15) is 0 Å². The second-order valence-electron chi connectivity index (χ2n) is 4.85. The van der Waals surface area contributed by atoms with Crippen LogP contribution in [0.25, 0.3) is 0 Å². The number of piperidine rings is 1. The van der Waals surface area contributed by atoms with Gasteiger partial charge >= 0.3 is 5.97 Å². The summed E-state index contributed by atoms with van der Waals surface area (Å²) in [4.78, 5) is 35.9. The maximum Gasteiger partial charge on any atom is 0.306 e. The molecule has 0 saturated carbocycles. The van der Waals surface area contributed by atoms with Gasteiger partial charge in [0.25, 0.3) is 5.91 Å². The van der Waals surface area contributed by atoms with E-state index in [9.17, 15) is 14.4 Å². The number of benzene rings is 1. The van der Waals surface area contributed by atoms with Gasteiger partial charge in [0.15, 0.2) is 0 Å². The highest BCUT2D eigenvalue weighted by atomic mass is 16.4. The van der Waals surface area contributed by atoms with Crippen LogP contribution in [0.2, 0.25) is 0 Å². The fraction of sp³-hybridized carbons (Fsp3) is 0.357.